The summed E-state index contributed by atoms with van der Waals surface area (Å²) in [7, 11) is 0. The Morgan fingerprint density at radius 3 is 2.33 bits per heavy atom. The van der Waals surface area contributed by atoms with E-state index >= 15 is 0 Å². The molecule has 0 bridgehead atoms. The Hall–Kier alpha value is -3.47. The Balaban J connectivity index is 1.84. The molecule has 0 aliphatic carbocycles. The lowest BCUT2D eigenvalue weighted by Gasteiger charge is -2.42. The molecule has 210 valence electrons. The van der Waals surface area contributed by atoms with E-state index in [2.05, 4.69) is 21.2 Å². The number of rotatable bonds is 7. The molecule has 11 heteroatoms. The second-order valence-electron chi connectivity index (χ2n) is 10.1. The van der Waals surface area contributed by atoms with Crippen LogP contribution in [0.2, 0.25) is 0 Å². The van der Waals surface area contributed by atoms with Gasteiger partial charge >= 0.3 is 12.1 Å². The fourth-order valence-electron chi connectivity index (χ4n) is 4.29. The lowest BCUT2D eigenvalue weighted by Crippen LogP contribution is -2.54. The molecule has 1 aliphatic heterocycles. The van der Waals surface area contributed by atoms with E-state index in [1.54, 1.807) is 50.8 Å². The number of amidine groups is 1. The lowest BCUT2D eigenvalue weighted by atomic mass is 9.71. The van der Waals surface area contributed by atoms with E-state index in [1.165, 1.54) is 24.3 Å². The van der Waals surface area contributed by atoms with Crippen LogP contribution in [0.5, 0.6) is 5.75 Å². The van der Waals surface area contributed by atoms with E-state index in [0.717, 1.165) is 0 Å². The molecule has 2 N–H and O–H groups in total. The quantitative estimate of drug-likeness (QED) is 0.254. The second-order valence-corrected chi connectivity index (χ2v) is 11.0. The molecule has 0 aromatic heterocycles. The van der Waals surface area contributed by atoms with Gasteiger partial charge in [0.15, 0.2) is 6.61 Å². The van der Waals surface area contributed by atoms with Gasteiger partial charge in [-0.1, -0.05) is 28.1 Å². The summed E-state index contributed by atoms with van der Waals surface area (Å²) in [4.78, 5) is 39.4. The number of esters is 1. The number of halogens is 2. The number of nitrogens with one attached hydrogen (secondary N) is 2. The van der Waals surface area contributed by atoms with Crippen LogP contribution in [0.1, 0.15) is 56.5 Å². The van der Waals surface area contributed by atoms with Gasteiger partial charge in [0.05, 0.1) is 17.6 Å². The van der Waals surface area contributed by atoms with Crippen molar-refractivity contribution in [2.24, 2.45) is 0 Å². The standard InChI is InChI=1S/C28H33BrFN3O6/c1-5-37-23(34)17-38-22-11-8-19(29)16-21(22)24(35)32-25(31)28(18-6-9-20(30)10-7-18)12-14-33(15-13-28)26(36)39-27(2,3)4/h6-11,16H,5,12-15,17H2,1-4H3,(H2,31,32,35). The van der Waals surface area contributed by atoms with Crippen molar-refractivity contribution < 1.29 is 33.0 Å². The number of piperidine rings is 1. The number of benzene rings is 2. The highest BCUT2D eigenvalue weighted by molar-refractivity contribution is 9.10. The number of nitrogens with zero attached hydrogens (tertiary/aromatic N) is 1. The predicted octanol–water partition coefficient (Wildman–Crippen LogP) is 5.21. The van der Waals surface area contributed by atoms with Gasteiger partial charge in [0.25, 0.3) is 5.91 Å². The van der Waals surface area contributed by atoms with Gasteiger partial charge < -0.3 is 24.4 Å². The Bertz CT molecular complexity index is 1220. The van der Waals surface area contributed by atoms with Crippen molar-refractivity contribution in [2.75, 3.05) is 26.3 Å². The number of carbonyl (C=O) groups is 3. The molecule has 3 rings (SSSR count). The Kier molecular flexibility index (Phi) is 9.71. The Morgan fingerprint density at radius 2 is 1.74 bits per heavy atom. The Morgan fingerprint density at radius 1 is 1.10 bits per heavy atom. The largest absolute Gasteiger partial charge is 0.481 e. The smallest absolute Gasteiger partial charge is 0.410 e. The van der Waals surface area contributed by atoms with Crippen LogP contribution in [-0.2, 0) is 19.7 Å². The second kappa shape index (κ2) is 12.6. The van der Waals surface area contributed by atoms with Crippen molar-refractivity contribution in [1.82, 2.24) is 10.2 Å². The van der Waals surface area contributed by atoms with Crippen LogP contribution in [-0.4, -0.2) is 60.6 Å². The minimum atomic E-state index is -0.986. The van der Waals surface area contributed by atoms with Gasteiger partial charge in [-0.25, -0.2) is 14.0 Å². The zero-order valence-corrected chi connectivity index (χ0v) is 24.0. The lowest BCUT2D eigenvalue weighted by molar-refractivity contribution is -0.145. The molecular weight excluding hydrogens is 573 g/mol. The normalized spacial score (nSPS) is 14.8. The molecule has 0 saturated carbocycles. The topological polar surface area (TPSA) is 118 Å². The van der Waals surface area contributed by atoms with Crippen molar-refractivity contribution in [3.05, 3.63) is 63.9 Å². The third-order valence-corrected chi connectivity index (χ3v) is 6.71. The third-order valence-electron chi connectivity index (χ3n) is 6.22. The summed E-state index contributed by atoms with van der Waals surface area (Å²) in [5, 5.41) is 11.7. The molecule has 0 atom stereocenters. The van der Waals surface area contributed by atoms with Crippen LogP contribution in [0.25, 0.3) is 0 Å². The predicted molar refractivity (Wildman–Crippen MR) is 147 cm³/mol. The summed E-state index contributed by atoms with van der Waals surface area (Å²) < 4.78 is 30.3. The molecule has 0 radical (unpaired) electrons. The van der Waals surface area contributed by atoms with E-state index < -0.39 is 34.8 Å². The zero-order chi connectivity index (χ0) is 28.8. The molecular formula is C28H33BrFN3O6. The third kappa shape index (κ3) is 7.78. The van der Waals surface area contributed by atoms with Crippen LogP contribution >= 0.6 is 15.9 Å². The van der Waals surface area contributed by atoms with E-state index in [9.17, 15) is 18.8 Å². The number of hydrogen-bond donors (Lipinski definition) is 2. The van der Waals surface area contributed by atoms with Crippen molar-refractivity contribution in [1.29, 1.82) is 5.41 Å². The van der Waals surface area contributed by atoms with Gasteiger partial charge in [0.1, 0.15) is 23.0 Å². The van der Waals surface area contributed by atoms with E-state index in [1.807, 2.05) is 0 Å². The van der Waals surface area contributed by atoms with E-state index in [0.29, 0.717) is 22.9 Å². The SMILES string of the molecule is CCOC(=O)COc1ccc(Br)cc1C(=O)NC(=N)C1(c2ccc(F)cc2)CCN(C(=O)OC(C)(C)C)CC1. The molecule has 2 aromatic rings. The molecule has 0 unspecified atom stereocenters. The summed E-state index contributed by atoms with van der Waals surface area (Å²) in [6, 6.07) is 10.5. The first-order chi connectivity index (χ1) is 18.3. The van der Waals surface area contributed by atoms with Crippen LogP contribution in [0.3, 0.4) is 0 Å². The van der Waals surface area contributed by atoms with Gasteiger partial charge in [0, 0.05) is 17.6 Å². The number of carbonyl (C=O) groups excluding carboxylic acids is 3. The molecule has 1 aliphatic rings. The average Bonchev–Trinajstić information content (AvgIpc) is 2.87. The molecule has 2 aromatic carbocycles. The highest BCUT2D eigenvalue weighted by atomic mass is 79.9. The summed E-state index contributed by atoms with van der Waals surface area (Å²) in [5.74, 6) is -1.57. The van der Waals surface area contributed by atoms with Crippen molar-refractivity contribution in [3.8, 4) is 5.75 Å². The van der Waals surface area contributed by atoms with Gasteiger partial charge in [-0.3, -0.25) is 10.2 Å². The first-order valence-electron chi connectivity index (χ1n) is 12.6. The first kappa shape index (κ1) is 30.1. The average molecular weight is 606 g/mol. The molecule has 39 heavy (non-hydrogen) atoms. The molecule has 1 heterocycles. The minimum Gasteiger partial charge on any atom is -0.481 e. The number of likely N-dealkylation sites (tertiary alicyclic amines) is 1. The van der Waals surface area contributed by atoms with Crippen LogP contribution < -0.4 is 10.1 Å². The van der Waals surface area contributed by atoms with Crippen molar-refractivity contribution in [2.45, 2.75) is 51.6 Å². The zero-order valence-electron chi connectivity index (χ0n) is 22.4. The molecule has 1 saturated heterocycles. The van der Waals surface area contributed by atoms with Gasteiger partial charge in [-0.05, 0) is 76.4 Å². The molecule has 2 amide bonds. The van der Waals surface area contributed by atoms with Gasteiger partial charge in [-0.2, -0.15) is 0 Å². The summed E-state index contributed by atoms with van der Waals surface area (Å²) in [6.07, 6.45) is 0.159. The number of hydrogen-bond acceptors (Lipinski definition) is 7. The maximum absolute atomic E-state index is 13.8. The van der Waals surface area contributed by atoms with Crippen LogP contribution in [0, 0.1) is 11.2 Å². The summed E-state index contributed by atoms with van der Waals surface area (Å²) in [5.41, 5.74) is -0.884. The monoisotopic (exact) mass is 605 g/mol. The fourth-order valence-corrected chi connectivity index (χ4v) is 4.66. The fraction of sp³-hybridized carbons (Fsp3) is 0.429. The van der Waals surface area contributed by atoms with E-state index in [-0.39, 0.29) is 43.5 Å². The minimum absolute atomic E-state index is 0.0979. The van der Waals surface area contributed by atoms with Crippen LogP contribution in [0.15, 0.2) is 46.9 Å². The highest BCUT2D eigenvalue weighted by Crippen LogP contribution is 2.37. The number of amides is 2. The summed E-state index contributed by atoms with van der Waals surface area (Å²) in [6.45, 7) is 7.40. The summed E-state index contributed by atoms with van der Waals surface area (Å²) >= 11 is 3.34. The maximum Gasteiger partial charge on any atom is 0.410 e. The van der Waals surface area contributed by atoms with Gasteiger partial charge in [0.2, 0.25) is 0 Å². The number of ether oxygens (including phenoxy) is 3. The van der Waals surface area contributed by atoms with Crippen molar-refractivity contribution >= 4 is 39.7 Å². The maximum atomic E-state index is 13.8. The Labute approximate surface area is 235 Å². The van der Waals surface area contributed by atoms with Gasteiger partial charge in [-0.15, -0.1) is 0 Å². The molecule has 1 fully saturated rings. The molecule has 0 spiro atoms. The van der Waals surface area contributed by atoms with Crippen molar-refractivity contribution in [3.63, 3.8) is 0 Å². The highest BCUT2D eigenvalue weighted by Gasteiger charge is 2.43. The van der Waals surface area contributed by atoms with E-state index in [4.69, 9.17) is 19.6 Å². The first-order valence-corrected chi connectivity index (χ1v) is 13.4. The van der Waals surface area contributed by atoms with Crippen LogP contribution in [0.4, 0.5) is 9.18 Å². The molecule has 9 nitrogen and oxygen atoms in total.